The van der Waals surface area contributed by atoms with Crippen LogP contribution in [0.4, 0.5) is 0 Å². The van der Waals surface area contributed by atoms with Gasteiger partial charge in [0.2, 0.25) is 0 Å². The molecule has 1 aliphatic heterocycles. The summed E-state index contributed by atoms with van der Waals surface area (Å²) >= 11 is 0. The smallest absolute Gasteiger partial charge is 0.323 e. The number of carbonyl (C=O) groups is 1. The molecular formula is C15H31N3O2. The summed E-state index contributed by atoms with van der Waals surface area (Å²) in [5, 5.41) is 12.1. The Balaban J connectivity index is 2.29. The fraction of sp³-hybridized carbons (Fsp3) is 0.933. The highest BCUT2D eigenvalue weighted by atomic mass is 16.4. The molecule has 0 aromatic heterocycles. The monoisotopic (exact) mass is 285 g/mol. The number of rotatable bonds is 9. The third-order valence-corrected chi connectivity index (χ3v) is 4.67. The van der Waals surface area contributed by atoms with Crippen LogP contribution in [0.15, 0.2) is 0 Å². The first-order valence-corrected chi connectivity index (χ1v) is 7.78. The van der Waals surface area contributed by atoms with Crippen molar-refractivity contribution in [1.29, 1.82) is 0 Å². The van der Waals surface area contributed by atoms with Crippen LogP contribution in [0.3, 0.4) is 0 Å². The van der Waals surface area contributed by atoms with Gasteiger partial charge < -0.3 is 15.3 Å². The minimum atomic E-state index is -0.802. The quantitative estimate of drug-likeness (QED) is 0.668. The molecule has 0 bridgehead atoms. The van der Waals surface area contributed by atoms with Gasteiger partial charge in [-0.3, -0.25) is 9.69 Å². The molecule has 2 unspecified atom stereocenters. The maximum Gasteiger partial charge on any atom is 0.323 e. The van der Waals surface area contributed by atoms with Crippen molar-refractivity contribution in [3.8, 4) is 0 Å². The molecule has 2 N–H and O–H groups in total. The Hall–Kier alpha value is -0.650. The van der Waals surface area contributed by atoms with Crippen LogP contribution in [0.2, 0.25) is 0 Å². The van der Waals surface area contributed by atoms with Crippen molar-refractivity contribution < 1.29 is 9.90 Å². The SMILES string of the molecule is CCN1CCCC1CN(C)CCCC(C)(NC)C(=O)O. The van der Waals surface area contributed by atoms with Gasteiger partial charge in [0.15, 0.2) is 0 Å². The highest BCUT2D eigenvalue weighted by molar-refractivity contribution is 5.78. The number of hydrogen-bond acceptors (Lipinski definition) is 4. The Labute approximate surface area is 123 Å². The van der Waals surface area contributed by atoms with Crippen molar-refractivity contribution in [2.45, 2.75) is 51.1 Å². The molecule has 5 nitrogen and oxygen atoms in total. The molecule has 1 heterocycles. The van der Waals surface area contributed by atoms with Crippen LogP contribution in [0.5, 0.6) is 0 Å². The summed E-state index contributed by atoms with van der Waals surface area (Å²) in [4.78, 5) is 16.1. The molecule has 1 rings (SSSR count). The Kier molecular flexibility index (Phi) is 6.92. The lowest BCUT2D eigenvalue weighted by Gasteiger charge is -2.29. The van der Waals surface area contributed by atoms with E-state index in [1.807, 2.05) is 0 Å². The van der Waals surface area contributed by atoms with Crippen molar-refractivity contribution in [2.75, 3.05) is 40.3 Å². The minimum Gasteiger partial charge on any atom is -0.480 e. The Bertz CT molecular complexity index is 311. The molecule has 2 atom stereocenters. The van der Waals surface area contributed by atoms with Crippen LogP contribution in [0, 0.1) is 0 Å². The lowest BCUT2D eigenvalue weighted by atomic mass is 9.96. The molecule has 1 saturated heterocycles. The highest BCUT2D eigenvalue weighted by Crippen LogP contribution is 2.18. The molecule has 20 heavy (non-hydrogen) atoms. The maximum atomic E-state index is 11.2. The van der Waals surface area contributed by atoms with E-state index in [-0.39, 0.29) is 0 Å². The Morgan fingerprint density at radius 1 is 1.55 bits per heavy atom. The molecule has 0 radical (unpaired) electrons. The van der Waals surface area contributed by atoms with E-state index >= 15 is 0 Å². The van der Waals surface area contributed by atoms with Gasteiger partial charge in [0.05, 0.1) is 0 Å². The molecular weight excluding hydrogens is 254 g/mol. The number of nitrogens with zero attached hydrogens (tertiary/aromatic N) is 2. The van der Waals surface area contributed by atoms with Gasteiger partial charge in [-0.1, -0.05) is 6.92 Å². The molecule has 118 valence electrons. The summed E-state index contributed by atoms with van der Waals surface area (Å²) in [6.07, 6.45) is 4.16. The van der Waals surface area contributed by atoms with Crippen LogP contribution in [0.25, 0.3) is 0 Å². The summed E-state index contributed by atoms with van der Waals surface area (Å²) < 4.78 is 0. The van der Waals surface area contributed by atoms with E-state index < -0.39 is 11.5 Å². The van der Waals surface area contributed by atoms with E-state index in [0.29, 0.717) is 12.5 Å². The summed E-state index contributed by atoms with van der Waals surface area (Å²) in [6.45, 7) is 8.39. The number of hydrogen-bond donors (Lipinski definition) is 2. The van der Waals surface area contributed by atoms with E-state index in [1.165, 1.54) is 19.4 Å². The largest absolute Gasteiger partial charge is 0.480 e. The summed E-state index contributed by atoms with van der Waals surface area (Å²) in [6, 6.07) is 0.681. The van der Waals surface area contributed by atoms with Crippen molar-refractivity contribution in [3.63, 3.8) is 0 Å². The van der Waals surface area contributed by atoms with E-state index in [9.17, 15) is 9.90 Å². The number of carboxylic acids is 1. The number of likely N-dealkylation sites (N-methyl/N-ethyl adjacent to an activating group) is 3. The van der Waals surface area contributed by atoms with Crippen molar-refractivity contribution >= 4 is 5.97 Å². The van der Waals surface area contributed by atoms with Gasteiger partial charge in [0.25, 0.3) is 0 Å². The predicted octanol–water partition coefficient (Wildman–Crippen LogP) is 1.25. The van der Waals surface area contributed by atoms with E-state index in [1.54, 1.807) is 14.0 Å². The lowest BCUT2D eigenvalue weighted by Crippen LogP contribution is -2.48. The third-order valence-electron chi connectivity index (χ3n) is 4.67. The average Bonchev–Trinajstić information content (AvgIpc) is 2.85. The van der Waals surface area contributed by atoms with Crippen molar-refractivity contribution in [2.24, 2.45) is 0 Å². The fourth-order valence-electron chi connectivity index (χ4n) is 3.01. The van der Waals surface area contributed by atoms with Crippen molar-refractivity contribution in [3.05, 3.63) is 0 Å². The Morgan fingerprint density at radius 2 is 2.25 bits per heavy atom. The van der Waals surface area contributed by atoms with Gasteiger partial charge in [-0.05, 0) is 66.3 Å². The number of carboxylic acid groups (broad SMARTS) is 1. The number of likely N-dealkylation sites (tertiary alicyclic amines) is 1. The average molecular weight is 285 g/mol. The van der Waals surface area contributed by atoms with Crippen LogP contribution >= 0.6 is 0 Å². The third kappa shape index (κ3) is 4.72. The second-order valence-electron chi connectivity index (χ2n) is 6.18. The van der Waals surface area contributed by atoms with Gasteiger partial charge >= 0.3 is 5.97 Å². The molecule has 0 aromatic carbocycles. The van der Waals surface area contributed by atoms with Crippen LogP contribution < -0.4 is 5.32 Å². The number of aliphatic carboxylic acids is 1. The normalized spacial score (nSPS) is 23.1. The van der Waals surface area contributed by atoms with Gasteiger partial charge in [0, 0.05) is 12.6 Å². The molecule has 1 fully saturated rings. The summed E-state index contributed by atoms with van der Waals surface area (Å²) in [7, 11) is 3.86. The number of nitrogens with one attached hydrogen (secondary N) is 1. The van der Waals surface area contributed by atoms with Gasteiger partial charge in [-0.25, -0.2) is 0 Å². The van der Waals surface area contributed by atoms with E-state index in [0.717, 1.165) is 26.1 Å². The Morgan fingerprint density at radius 3 is 2.80 bits per heavy atom. The first-order valence-electron chi connectivity index (χ1n) is 7.78. The first kappa shape index (κ1) is 17.4. The molecule has 0 aliphatic carbocycles. The maximum absolute atomic E-state index is 11.2. The predicted molar refractivity (Wildman–Crippen MR) is 82.1 cm³/mol. The fourth-order valence-corrected chi connectivity index (χ4v) is 3.01. The second-order valence-corrected chi connectivity index (χ2v) is 6.18. The minimum absolute atomic E-state index is 0.658. The molecule has 0 spiro atoms. The summed E-state index contributed by atoms with van der Waals surface area (Å²) in [5.41, 5.74) is -0.802. The van der Waals surface area contributed by atoms with Gasteiger partial charge in [-0.15, -0.1) is 0 Å². The van der Waals surface area contributed by atoms with E-state index in [2.05, 4.69) is 29.1 Å². The molecule has 0 amide bonds. The zero-order valence-corrected chi connectivity index (χ0v) is 13.5. The highest BCUT2D eigenvalue weighted by Gasteiger charge is 2.30. The molecule has 5 heteroatoms. The second kappa shape index (κ2) is 7.96. The van der Waals surface area contributed by atoms with E-state index in [4.69, 9.17) is 0 Å². The van der Waals surface area contributed by atoms with Crippen LogP contribution in [-0.2, 0) is 4.79 Å². The summed E-state index contributed by atoms with van der Waals surface area (Å²) in [5.74, 6) is -0.768. The van der Waals surface area contributed by atoms with Crippen molar-refractivity contribution in [1.82, 2.24) is 15.1 Å². The van der Waals surface area contributed by atoms with Crippen LogP contribution in [0.1, 0.15) is 39.5 Å². The zero-order valence-electron chi connectivity index (χ0n) is 13.5. The topological polar surface area (TPSA) is 55.8 Å². The lowest BCUT2D eigenvalue weighted by molar-refractivity contribution is -0.144. The van der Waals surface area contributed by atoms with Gasteiger partial charge in [-0.2, -0.15) is 0 Å². The first-order chi connectivity index (χ1) is 9.42. The standard InChI is InChI=1S/C15H31N3O2/c1-5-18-11-6-8-13(18)12-17(4)10-7-9-15(2,16-3)14(19)20/h13,16H,5-12H2,1-4H3,(H,19,20). The van der Waals surface area contributed by atoms with Crippen LogP contribution in [-0.4, -0.2) is 72.7 Å². The molecule has 1 aliphatic rings. The van der Waals surface area contributed by atoms with Gasteiger partial charge in [0.1, 0.15) is 5.54 Å². The zero-order chi connectivity index (χ0) is 15.2. The molecule has 0 saturated carbocycles. The molecule has 0 aromatic rings.